The van der Waals surface area contributed by atoms with Gasteiger partial charge in [-0.25, -0.2) is 0 Å². The summed E-state index contributed by atoms with van der Waals surface area (Å²) in [6, 6.07) is 0.716. The van der Waals surface area contributed by atoms with E-state index in [1.807, 2.05) is 0 Å². The minimum Gasteiger partial charge on any atom is -0.382 e. The Morgan fingerprint density at radius 2 is 2.27 bits per heavy atom. The first-order valence-corrected chi connectivity index (χ1v) is 6.25. The van der Waals surface area contributed by atoms with E-state index in [9.17, 15) is 0 Å². The Balaban J connectivity index is 2.11. The van der Waals surface area contributed by atoms with Crippen molar-refractivity contribution in [2.45, 2.75) is 32.7 Å². The average molecular weight is 214 g/mol. The number of nitrogens with zero attached hydrogens (tertiary/aromatic N) is 1. The second-order valence-corrected chi connectivity index (χ2v) is 4.51. The molecular formula is C12H26N2O. The molecule has 0 aliphatic carbocycles. The van der Waals surface area contributed by atoms with Gasteiger partial charge in [-0.15, -0.1) is 0 Å². The highest BCUT2D eigenvalue weighted by atomic mass is 16.5. The van der Waals surface area contributed by atoms with E-state index >= 15 is 0 Å². The summed E-state index contributed by atoms with van der Waals surface area (Å²) in [4.78, 5) is 2.57. The molecule has 0 aromatic heterocycles. The quantitative estimate of drug-likeness (QED) is 0.675. The normalized spacial score (nSPS) is 28.2. The van der Waals surface area contributed by atoms with Crippen molar-refractivity contribution < 1.29 is 4.74 Å². The highest BCUT2D eigenvalue weighted by Gasteiger charge is 2.23. The Labute approximate surface area is 94.2 Å². The second kappa shape index (κ2) is 7.20. The summed E-state index contributed by atoms with van der Waals surface area (Å²) in [5.41, 5.74) is 0. The maximum atomic E-state index is 5.35. The first-order valence-electron chi connectivity index (χ1n) is 6.25. The van der Waals surface area contributed by atoms with Crippen molar-refractivity contribution in [2.75, 3.05) is 39.9 Å². The minimum absolute atomic E-state index is 0.716. The van der Waals surface area contributed by atoms with Crippen LogP contribution in [0.1, 0.15) is 26.7 Å². The van der Waals surface area contributed by atoms with Gasteiger partial charge in [-0.2, -0.15) is 0 Å². The Kier molecular flexibility index (Phi) is 6.22. The average Bonchev–Trinajstić information content (AvgIpc) is 2.25. The maximum Gasteiger partial charge on any atom is 0.0478 e. The summed E-state index contributed by atoms with van der Waals surface area (Å²) in [6.45, 7) is 9.83. The van der Waals surface area contributed by atoms with Gasteiger partial charge in [0, 0.05) is 32.3 Å². The number of ether oxygens (including phenoxy) is 1. The van der Waals surface area contributed by atoms with Gasteiger partial charge in [0.1, 0.15) is 0 Å². The standard InChI is InChI=1S/C12H26N2O/c1-4-15-9-5-7-14-8-6-12(13-3)11(2)10-14/h11-13H,4-10H2,1-3H3. The third-order valence-corrected chi connectivity index (χ3v) is 3.33. The van der Waals surface area contributed by atoms with Crippen LogP contribution in [0.5, 0.6) is 0 Å². The van der Waals surface area contributed by atoms with Gasteiger partial charge in [-0.05, 0) is 39.3 Å². The van der Waals surface area contributed by atoms with Crippen LogP contribution < -0.4 is 5.32 Å². The molecule has 2 unspecified atom stereocenters. The smallest absolute Gasteiger partial charge is 0.0478 e. The molecule has 90 valence electrons. The molecule has 1 rings (SSSR count). The SMILES string of the molecule is CCOCCCN1CCC(NC)C(C)C1. The summed E-state index contributed by atoms with van der Waals surface area (Å²) in [7, 11) is 2.08. The van der Waals surface area contributed by atoms with Crippen molar-refractivity contribution in [3.8, 4) is 0 Å². The van der Waals surface area contributed by atoms with Crippen LogP contribution in [0, 0.1) is 5.92 Å². The van der Waals surface area contributed by atoms with Crippen LogP contribution in [0.3, 0.4) is 0 Å². The largest absolute Gasteiger partial charge is 0.382 e. The van der Waals surface area contributed by atoms with Gasteiger partial charge in [0.05, 0.1) is 0 Å². The van der Waals surface area contributed by atoms with Crippen molar-refractivity contribution in [2.24, 2.45) is 5.92 Å². The van der Waals surface area contributed by atoms with Crippen molar-refractivity contribution >= 4 is 0 Å². The predicted octanol–water partition coefficient (Wildman–Crippen LogP) is 1.34. The van der Waals surface area contributed by atoms with Crippen LogP contribution in [0.15, 0.2) is 0 Å². The first kappa shape index (κ1) is 12.9. The molecule has 0 aromatic rings. The zero-order valence-corrected chi connectivity index (χ0v) is 10.5. The van der Waals surface area contributed by atoms with Crippen molar-refractivity contribution in [1.29, 1.82) is 0 Å². The number of rotatable bonds is 6. The van der Waals surface area contributed by atoms with E-state index in [2.05, 4.69) is 31.1 Å². The van der Waals surface area contributed by atoms with Crippen molar-refractivity contribution in [3.05, 3.63) is 0 Å². The molecule has 15 heavy (non-hydrogen) atoms. The maximum absolute atomic E-state index is 5.35. The summed E-state index contributed by atoms with van der Waals surface area (Å²) < 4.78 is 5.35. The molecule has 0 amide bonds. The predicted molar refractivity (Wildman–Crippen MR) is 64.2 cm³/mol. The van der Waals surface area contributed by atoms with E-state index in [-0.39, 0.29) is 0 Å². The van der Waals surface area contributed by atoms with Gasteiger partial charge in [0.25, 0.3) is 0 Å². The lowest BCUT2D eigenvalue weighted by Crippen LogP contribution is -2.47. The lowest BCUT2D eigenvalue weighted by Gasteiger charge is -2.36. The third kappa shape index (κ3) is 4.49. The molecule has 0 aromatic carbocycles. The summed E-state index contributed by atoms with van der Waals surface area (Å²) in [5.74, 6) is 0.774. The lowest BCUT2D eigenvalue weighted by atomic mass is 9.94. The third-order valence-electron chi connectivity index (χ3n) is 3.33. The van der Waals surface area contributed by atoms with Crippen LogP contribution in [0.4, 0.5) is 0 Å². The van der Waals surface area contributed by atoms with Crippen molar-refractivity contribution in [1.82, 2.24) is 10.2 Å². The molecular weight excluding hydrogens is 188 g/mol. The Morgan fingerprint density at radius 1 is 1.47 bits per heavy atom. The Bertz CT molecular complexity index is 164. The van der Waals surface area contributed by atoms with Crippen molar-refractivity contribution in [3.63, 3.8) is 0 Å². The van der Waals surface area contributed by atoms with E-state index < -0.39 is 0 Å². The molecule has 1 heterocycles. The fourth-order valence-corrected chi connectivity index (χ4v) is 2.40. The van der Waals surface area contributed by atoms with Gasteiger partial charge in [-0.1, -0.05) is 6.92 Å². The summed E-state index contributed by atoms with van der Waals surface area (Å²) in [5, 5.41) is 3.40. The lowest BCUT2D eigenvalue weighted by molar-refractivity contribution is 0.110. The fraction of sp³-hybridized carbons (Fsp3) is 1.00. The molecule has 2 atom stereocenters. The highest BCUT2D eigenvalue weighted by molar-refractivity contribution is 4.81. The second-order valence-electron chi connectivity index (χ2n) is 4.51. The van der Waals surface area contributed by atoms with Gasteiger partial charge in [-0.3, -0.25) is 0 Å². The van der Waals surface area contributed by atoms with E-state index in [1.165, 1.54) is 32.5 Å². The van der Waals surface area contributed by atoms with E-state index in [1.54, 1.807) is 0 Å². The molecule has 0 bridgehead atoms. The summed E-state index contributed by atoms with van der Waals surface area (Å²) in [6.07, 6.45) is 2.46. The fourth-order valence-electron chi connectivity index (χ4n) is 2.40. The molecule has 1 fully saturated rings. The molecule has 1 aliphatic heterocycles. The number of nitrogens with one attached hydrogen (secondary N) is 1. The van der Waals surface area contributed by atoms with Crippen LogP contribution in [-0.2, 0) is 4.74 Å². The van der Waals surface area contributed by atoms with E-state index in [4.69, 9.17) is 4.74 Å². The molecule has 3 heteroatoms. The molecule has 3 nitrogen and oxygen atoms in total. The number of hydrogen-bond donors (Lipinski definition) is 1. The molecule has 1 aliphatic rings. The first-order chi connectivity index (χ1) is 7.27. The minimum atomic E-state index is 0.716. The van der Waals surface area contributed by atoms with E-state index in [0.717, 1.165) is 19.1 Å². The van der Waals surface area contributed by atoms with Gasteiger partial charge < -0.3 is 15.0 Å². The Morgan fingerprint density at radius 3 is 2.87 bits per heavy atom. The summed E-state index contributed by atoms with van der Waals surface area (Å²) >= 11 is 0. The van der Waals surface area contributed by atoms with Gasteiger partial charge in [0.2, 0.25) is 0 Å². The van der Waals surface area contributed by atoms with Crippen LogP contribution in [0.25, 0.3) is 0 Å². The number of hydrogen-bond acceptors (Lipinski definition) is 3. The van der Waals surface area contributed by atoms with Gasteiger partial charge >= 0.3 is 0 Å². The molecule has 0 saturated carbocycles. The molecule has 1 N–H and O–H groups in total. The van der Waals surface area contributed by atoms with Crippen LogP contribution in [-0.4, -0.2) is 50.8 Å². The number of piperidine rings is 1. The number of likely N-dealkylation sites (tertiary alicyclic amines) is 1. The topological polar surface area (TPSA) is 24.5 Å². The van der Waals surface area contributed by atoms with Gasteiger partial charge in [0.15, 0.2) is 0 Å². The Hall–Kier alpha value is -0.120. The van der Waals surface area contributed by atoms with Crippen LogP contribution in [0.2, 0.25) is 0 Å². The highest BCUT2D eigenvalue weighted by Crippen LogP contribution is 2.16. The van der Waals surface area contributed by atoms with Crippen LogP contribution >= 0.6 is 0 Å². The zero-order valence-electron chi connectivity index (χ0n) is 10.5. The molecule has 0 radical (unpaired) electrons. The molecule has 1 saturated heterocycles. The molecule has 0 spiro atoms. The van der Waals surface area contributed by atoms with E-state index in [0.29, 0.717) is 6.04 Å². The monoisotopic (exact) mass is 214 g/mol. The zero-order chi connectivity index (χ0) is 11.1.